The summed E-state index contributed by atoms with van der Waals surface area (Å²) < 4.78 is 18.1. The van der Waals surface area contributed by atoms with Gasteiger partial charge >= 0.3 is 12.1 Å². The minimum Gasteiger partial charge on any atom is -0.291 e. The van der Waals surface area contributed by atoms with E-state index in [0.717, 1.165) is 11.8 Å². The highest BCUT2D eigenvalue weighted by molar-refractivity contribution is 14.1. The first kappa shape index (κ1) is 28.8. The van der Waals surface area contributed by atoms with Gasteiger partial charge in [0.15, 0.2) is 0 Å². The molecule has 0 N–H and O–H groups in total. The third-order valence-electron chi connectivity index (χ3n) is 10.8. The van der Waals surface area contributed by atoms with Crippen LogP contribution in [-0.2, 0) is 0 Å². The van der Waals surface area contributed by atoms with Gasteiger partial charge < -0.3 is 0 Å². The first-order chi connectivity index (χ1) is 18.1. The highest BCUT2D eigenvalue weighted by atomic mass is 127. The molecule has 1 unspecified atom stereocenters. The summed E-state index contributed by atoms with van der Waals surface area (Å²) in [5.41, 5.74) is 0. The maximum absolute atomic E-state index is 3.07. The first-order valence-corrected chi connectivity index (χ1v) is 25.9. The van der Waals surface area contributed by atoms with E-state index in [0.29, 0.717) is 0 Å². The normalized spacial score (nSPS) is 32.1. The molecule has 0 amide bonds. The van der Waals surface area contributed by atoms with Crippen molar-refractivity contribution in [3.05, 3.63) is 0 Å². The van der Waals surface area contributed by atoms with Gasteiger partial charge in [0, 0.05) is 0 Å². The van der Waals surface area contributed by atoms with Crippen LogP contribution in [0.15, 0.2) is 0 Å². The van der Waals surface area contributed by atoms with Crippen LogP contribution in [0.5, 0.6) is 0 Å². The van der Waals surface area contributed by atoms with Crippen molar-refractivity contribution in [1.29, 1.82) is 0 Å². The summed E-state index contributed by atoms with van der Waals surface area (Å²) in [4.78, 5) is 0. The SMILES string of the molecule is I[Si](N1CCCCC1)(N1CCCCC1)N1CCC(C2CCN([Si](I)(N3CCCC3)N3CCCC3)C2)CC1. The van der Waals surface area contributed by atoms with Gasteiger partial charge in [0.2, 0.25) is 0 Å². The van der Waals surface area contributed by atoms with Crippen molar-refractivity contribution >= 4 is 55.7 Å². The van der Waals surface area contributed by atoms with Gasteiger partial charge in [0.25, 0.3) is 0 Å². The van der Waals surface area contributed by atoms with E-state index in [1.165, 1.54) is 162 Å². The Kier molecular flexibility index (Phi) is 10.0. The van der Waals surface area contributed by atoms with Gasteiger partial charge in [0.05, 0.1) is 0 Å². The smallest absolute Gasteiger partial charge is 0.291 e. The summed E-state index contributed by atoms with van der Waals surface area (Å²) >= 11 is 6.07. The van der Waals surface area contributed by atoms with Gasteiger partial charge in [-0.3, -0.25) is 27.4 Å². The molecule has 37 heavy (non-hydrogen) atoms. The second-order valence-corrected chi connectivity index (χ2v) is 27.6. The number of hydrogen-bond acceptors (Lipinski definition) is 6. The molecule has 6 nitrogen and oxygen atoms in total. The lowest BCUT2D eigenvalue weighted by molar-refractivity contribution is 0.164. The zero-order chi connectivity index (χ0) is 25.3. The zero-order valence-electron chi connectivity index (χ0n) is 23.3. The van der Waals surface area contributed by atoms with Crippen molar-refractivity contribution in [3.8, 4) is 0 Å². The molecule has 1 atom stereocenters. The summed E-state index contributed by atoms with van der Waals surface area (Å²) in [6.07, 6.45) is 18.7. The van der Waals surface area contributed by atoms with Gasteiger partial charge in [0.1, 0.15) is 0 Å². The van der Waals surface area contributed by atoms with Crippen molar-refractivity contribution in [3.63, 3.8) is 0 Å². The molecule has 0 radical (unpaired) electrons. The predicted octanol–water partition coefficient (Wildman–Crippen LogP) is 4.92. The summed E-state index contributed by atoms with van der Waals surface area (Å²) in [5, 5.41) is 0. The van der Waals surface area contributed by atoms with Gasteiger partial charge in [-0.25, -0.2) is 0 Å². The lowest BCUT2D eigenvalue weighted by Gasteiger charge is -2.54. The number of halogens is 2. The van der Waals surface area contributed by atoms with Crippen molar-refractivity contribution in [2.24, 2.45) is 11.8 Å². The van der Waals surface area contributed by atoms with E-state index in [1.54, 1.807) is 0 Å². The Labute approximate surface area is 255 Å². The van der Waals surface area contributed by atoms with Crippen LogP contribution in [0, 0.1) is 11.8 Å². The zero-order valence-corrected chi connectivity index (χ0v) is 29.6. The standard InChI is InChI=1S/C27H52I2N6Si2/c28-36(30-14-3-1-4-15-30,31-16-5-2-6-17-31)34-22-11-26(12-23-34)27-13-24-35(25-27)37(29,32-18-7-8-19-32)33-20-9-10-21-33/h26-27H,1-25H2. The van der Waals surface area contributed by atoms with Crippen LogP contribution in [0.3, 0.4) is 0 Å². The lowest BCUT2D eigenvalue weighted by atomic mass is 9.84. The molecule has 6 heterocycles. The molecule has 6 aliphatic rings. The third kappa shape index (κ3) is 5.82. The van der Waals surface area contributed by atoms with E-state index < -0.39 is 12.1 Å². The van der Waals surface area contributed by atoms with Gasteiger partial charge in [-0.2, -0.15) is 0 Å². The third-order valence-corrected chi connectivity index (χ3v) is 30.5. The van der Waals surface area contributed by atoms with Crippen molar-refractivity contribution in [2.75, 3.05) is 78.5 Å². The van der Waals surface area contributed by atoms with E-state index in [-0.39, 0.29) is 0 Å². The number of rotatable bonds is 7. The number of hydrogen-bond donors (Lipinski definition) is 0. The van der Waals surface area contributed by atoms with E-state index in [2.05, 4.69) is 71.0 Å². The molecule has 212 valence electrons. The molecule has 10 heteroatoms. The Morgan fingerprint density at radius 1 is 0.351 bits per heavy atom. The molecule has 0 aromatic rings. The van der Waals surface area contributed by atoms with E-state index in [9.17, 15) is 0 Å². The fourth-order valence-corrected chi connectivity index (χ4v) is 24.8. The van der Waals surface area contributed by atoms with E-state index in [1.807, 2.05) is 0 Å². The molecule has 6 aliphatic heterocycles. The summed E-state index contributed by atoms with van der Waals surface area (Å²) in [6.45, 7) is 16.4. The minimum absolute atomic E-state index is 0.948. The minimum atomic E-state index is -1.74. The van der Waals surface area contributed by atoms with Crippen LogP contribution >= 0.6 is 43.6 Å². The van der Waals surface area contributed by atoms with Crippen LogP contribution in [0.1, 0.15) is 83.5 Å². The number of nitrogens with zero attached hydrogens (tertiary/aromatic N) is 6. The van der Waals surface area contributed by atoms with Crippen LogP contribution in [0.2, 0.25) is 0 Å². The molecular weight excluding hydrogens is 718 g/mol. The molecule has 0 saturated carbocycles. The fraction of sp³-hybridized carbons (Fsp3) is 1.00. The fourth-order valence-electron chi connectivity index (χ4n) is 8.65. The quantitative estimate of drug-likeness (QED) is 0.207. The largest absolute Gasteiger partial charge is 0.358 e. The Balaban J connectivity index is 1.10. The highest BCUT2D eigenvalue weighted by Gasteiger charge is 2.55. The van der Waals surface area contributed by atoms with Crippen molar-refractivity contribution < 1.29 is 0 Å². The van der Waals surface area contributed by atoms with Crippen LogP contribution in [-0.4, -0.2) is 118 Å². The van der Waals surface area contributed by atoms with E-state index >= 15 is 0 Å². The molecule has 6 rings (SSSR count). The van der Waals surface area contributed by atoms with Crippen LogP contribution in [0.4, 0.5) is 0 Å². The molecule has 0 bridgehead atoms. The lowest BCUT2D eigenvalue weighted by Crippen LogP contribution is -2.73. The van der Waals surface area contributed by atoms with Gasteiger partial charge in [-0.15, -0.1) is 0 Å². The highest BCUT2D eigenvalue weighted by Crippen LogP contribution is 2.42. The maximum Gasteiger partial charge on any atom is 0.358 e. The number of piperidine rings is 3. The Hall–Kier alpha value is 1.65. The van der Waals surface area contributed by atoms with Gasteiger partial charge in [-0.05, 0) is 161 Å². The Morgan fingerprint density at radius 3 is 1.08 bits per heavy atom. The van der Waals surface area contributed by atoms with Crippen molar-refractivity contribution in [2.45, 2.75) is 83.5 Å². The second-order valence-electron chi connectivity index (χ2n) is 12.9. The first-order valence-electron chi connectivity index (χ1n) is 16.0. The van der Waals surface area contributed by atoms with Gasteiger partial charge in [-0.1, -0.05) is 56.4 Å². The Morgan fingerprint density at radius 2 is 0.649 bits per heavy atom. The maximum atomic E-state index is 3.07. The van der Waals surface area contributed by atoms with Crippen molar-refractivity contribution in [1.82, 2.24) is 27.4 Å². The molecule has 6 fully saturated rings. The Bertz CT molecular complexity index is 698. The summed E-state index contributed by atoms with van der Waals surface area (Å²) in [5.74, 6) is 1.91. The molecule has 0 spiro atoms. The average molecular weight is 771 g/mol. The van der Waals surface area contributed by atoms with Crippen LogP contribution in [0.25, 0.3) is 0 Å². The average Bonchev–Trinajstić information content (AvgIpc) is 3.77. The molecule has 0 aromatic carbocycles. The molecule has 6 saturated heterocycles. The van der Waals surface area contributed by atoms with E-state index in [4.69, 9.17) is 0 Å². The molecular formula is C27H52I2N6Si2. The second kappa shape index (κ2) is 12.9. The van der Waals surface area contributed by atoms with Crippen LogP contribution < -0.4 is 0 Å². The molecule has 0 aromatic heterocycles. The topological polar surface area (TPSA) is 19.4 Å². The summed E-state index contributed by atoms with van der Waals surface area (Å²) in [7, 11) is 0. The predicted molar refractivity (Wildman–Crippen MR) is 176 cm³/mol. The summed E-state index contributed by atoms with van der Waals surface area (Å²) in [6, 6.07) is -3.44. The monoisotopic (exact) mass is 770 g/mol. The molecule has 0 aliphatic carbocycles.